The molecule has 0 unspecified atom stereocenters. The van der Waals surface area contributed by atoms with Crippen LogP contribution in [0.25, 0.3) is 0 Å². The first-order chi connectivity index (χ1) is 7.73. The minimum Gasteiger partial charge on any atom is -0.207 e. The van der Waals surface area contributed by atoms with E-state index in [0.29, 0.717) is 11.4 Å². The number of sulfonamides is 1. The molecule has 0 bridgehead atoms. The van der Waals surface area contributed by atoms with Crippen LogP contribution in [-0.4, -0.2) is 26.3 Å². The molecule has 4 heteroatoms. The van der Waals surface area contributed by atoms with Gasteiger partial charge in [-0.05, 0) is 49.9 Å². The Balaban J connectivity index is 3.62. The lowest BCUT2D eigenvalue weighted by molar-refractivity contribution is 0.485. The van der Waals surface area contributed by atoms with E-state index in [0.717, 1.165) is 22.3 Å². The van der Waals surface area contributed by atoms with Gasteiger partial charge in [-0.25, -0.2) is 12.7 Å². The van der Waals surface area contributed by atoms with Crippen LogP contribution in [0.5, 0.6) is 0 Å². The molecule has 0 N–H and O–H groups in total. The summed E-state index contributed by atoms with van der Waals surface area (Å²) in [6, 6.07) is 2.04. The zero-order valence-corrected chi connectivity index (χ0v) is 12.3. The van der Waals surface area contributed by atoms with Gasteiger partial charge in [-0.15, -0.1) is 0 Å². The number of hydrogen-bond donors (Lipinski definition) is 0. The van der Waals surface area contributed by atoms with Crippen molar-refractivity contribution in [3.63, 3.8) is 0 Å². The number of benzene rings is 1. The van der Waals surface area contributed by atoms with Gasteiger partial charge in [0.25, 0.3) is 0 Å². The molecule has 3 nitrogen and oxygen atoms in total. The van der Waals surface area contributed by atoms with Crippen LogP contribution in [0.2, 0.25) is 0 Å². The molecule has 1 aromatic rings. The Hall–Kier alpha value is -0.870. The Morgan fingerprint density at radius 3 is 1.82 bits per heavy atom. The van der Waals surface area contributed by atoms with Crippen LogP contribution < -0.4 is 0 Å². The molecular formula is C13H21NO2S. The molecule has 0 aromatic heterocycles. The third kappa shape index (κ3) is 2.38. The summed E-state index contributed by atoms with van der Waals surface area (Å²) in [6.45, 7) is 9.97. The highest BCUT2D eigenvalue weighted by atomic mass is 32.2. The van der Waals surface area contributed by atoms with Gasteiger partial charge >= 0.3 is 0 Å². The van der Waals surface area contributed by atoms with E-state index >= 15 is 0 Å². The van der Waals surface area contributed by atoms with E-state index < -0.39 is 10.0 Å². The van der Waals surface area contributed by atoms with Gasteiger partial charge in [0, 0.05) is 13.6 Å². The lowest BCUT2D eigenvalue weighted by atomic mass is 10.0. The van der Waals surface area contributed by atoms with E-state index in [1.165, 1.54) is 4.31 Å². The average molecular weight is 255 g/mol. The molecule has 0 radical (unpaired) electrons. The summed E-state index contributed by atoms with van der Waals surface area (Å²) in [5, 5.41) is 0. The van der Waals surface area contributed by atoms with E-state index in [1.54, 1.807) is 7.05 Å². The summed E-state index contributed by atoms with van der Waals surface area (Å²) < 4.78 is 26.3. The van der Waals surface area contributed by atoms with Crippen LogP contribution in [0, 0.1) is 27.7 Å². The molecule has 17 heavy (non-hydrogen) atoms. The molecule has 0 spiro atoms. The van der Waals surface area contributed by atoms with E-state index in [2.05, 4.69) is 0 Å². The minimum atomic E-state index is -3.36. The summed E-state index contributed by atoms with van der Waals surface area (Å²) in [5.74, 6) is 0. The zero-order valence-electron chi connectivity index (χ0n) is 11.5. The first-order valence-electron chi connectivity index (χ1n) is 5.77. The maximum absolute atomic E-state index is 12.4. The van der Waals surface area contributed by atoms with Gasteiger partial charge in [-0.3, -0.25) is 0 Å². The molecule has 1 rings (SSSR count). The third-order valence-corrected chi connectivity index (χ3v) is 5.62. The van der Waals surface area contributed by atoms with Gasteiger partial charge in [0.2, 0.25) is 10.0 Å². The van der Waals surface area contributed by atoms with Crippen LogP contribution in [0.15, 0.2) is 11.0 Å². The quantitative estimate of drug-likeness (QED) is 0.832. The molecule has 0 heterocycles. The van der Waals surface area contributed by atoms with Gasteiger partial charge in [-0.1, -0.05) is 13.0 Å². The normalized spacial score (nSPS) is 12.2. The number of rotatable bonds is 3. The molecule has 0 aliphatic rings. The van der Waals surface area contributed by atoms with Crippen LogP contribution in [0.3, 0.4) is 0 Å². The van der Waals surface area contributed by atoms with E-state index in [1.807, 2.05) is 40.7 Å². The first-order valence-corrected chi connectivity index (χ1v) is 7.21. The van der Waals surface area contributed by atoms with Gasteiger partial charge in [0.1, 0.15) is 0 Å². The fraction of sp³-hybridized carbons (Fsp3) is 0.538. The SMILES string of the molecule is CCN(C)S(=O)(=O)c1c(C)c(C)cc(C)c1C. The third-order valence-electron chi connectivity index (χ3n) is 3.41. The fourth-order valence-electron chi connectivity index (χ4n) is 1.89. The molecular weight excluding hydrogens is 234 g/mol. The smallest absolute Gasteiger partial charge is 0.207 e. The van der Waals surface area contributed by atoms with Crippen LogP contribution in [0.4, 0.5) is 0 Å². The van der Waals surface area contributed by atoms with Crippen molar-refractivity contribution in [1.29, 1.82) is 0 Å². The second kappa shape index (κ2) is 4.78. The van der Waals surface area contributed by atoms with Crippen LogP contribution in [-0.2, 0) is 10.0 Å². The summed E-state index contributed by atoms with van der Waals surface area (Å²) >= 11 is 0. The second-order valence-corrected chi connectivity index (χ2v) is 6.49. The molecule has 0 aliphatic carbocycles. The topological polar surface area (TPSA) is 37.4 Å². The van der Waals surface area contributed by atoms with Gasteiger partial charge in [0.05, 0.1) is 4.90 Å². The Kier molecular flexibility index (Phi) is 3.99. The van der Waals surface area contributed by atoms with Crippen molar-refractivity contribution in [1.82, 2.24) is 4.31 Å². The second-order valence-electron chi connectivity index (χ2n) is 4.51. The van der Waals surface area contributed by atoms with E-state index in [9.17, 15) is 8.42 Å². The Bertz CT molecular complexity index is 507. The molecule has 0 saturated heterocycles. The average Bonchev–Trinajstić information content (AvgIpc) is 2.25. The maximum Gasteiger partial charge on any atom is 0.243 e. The van der Waals surface area contributed by atoms with Crippen molar-refractivity contribution in [3.05, 3.63) is 28.3 Å². The zero-order chi connectivity index (χ0) is 13.4. The highest BCUT2D eigenvalue weighted by Gasteiger charge is 2.25. The van der Waals surface area contributed by atoms with Crippen molar-refractivity contribution in [3.8, 4) is 0 Å². The van der Waals surface area contributed by atoms with Crippen LogP contribution in [0.1, 0.15) is 29.2 Å². The van der Waals surface area contributed by atoms with Crippen molar-refractivity contribution in [2.75, 3.05) is 13.6 Å². The summed E-state index contributed by atoms with van der Waals surface area (Å²) in [4.78, 5) is 0.472. The summed E-state index contributed by atoms with van der Waals surface area (Å²) in [6.07, 6.45) is 0. The first kappa shape index (κ1) is 14.2. The van der Waals surface area contributed by atoms with Crippen molar-refractivity contribution in [2.45, 2.75) is 39.5 Å². The lowest BCUT2D eigenvalue weighted by Gasteiger charge is -2.20. The summed E-state index contributed by atoms with van der Waals surface area (Å²) in [7, 11) is -1.75. The largest absolute Gasteiger partial charge is 0.243 e. The predicted molar refractivity (Wildman–Crippen MR) is 70.9 cm³/mol. The lowest BCUT2D eigenvalue weighted by Crippen LogP contribution is -2.28. The van der Waals surface area contributed by atoms with E-state index in [4.69, 9.17) is 0 Å². The maximum atomic E-state index is 12.4. The number of aryl methyl sites for hydroxylation is 2. The van der Waals surface area contributed by atoms with Crippen molar-refractivity contribution in [2.24, 2.45) is 0 Å². The molecule has 1 aromatic carbocycles. The van der Waals surface area contributed by atoms with Gasteiger partial charge < -0.3 is 0 Å². The molecule has 0 atom stereocenters. The molecule has 0 fully saturated rings. The van der Waals surface area contributed by atoms with E-state index in [-0.39, 0.29) is 0 Å². The van der Waals surface area contributed by atoms with Gasteiger partial charge in [0.15, 0.2) is 0 Å². The highest BCUT2D eigenvalue weighted by Crippen LogP contribution is 2.27. The Labute approximate surface area is 105 Å². The molecule has 0 aliphatic heterocycles. The molecule has 96 valence electrons. The predicted octanol–water partition coefficient (Wildman–Crippen LogP) is 2.56. The summed E-state index contributed by atoms with van der Waals surface area (Å²) in [5.41, 5.74) is 3.76. The van der Waals surface area contributed by atoms with Crippen molar-refractivity contribution >= 4 is 10.0 Å². The van der Waals surface area contributed by atoms with Gasteiger partial charge in [-0.2, -0.15) is 0 Å². The number of nitrogens with zero attached hydrogens (tertiary/aromatic N) is 1. The highest BCUT2D eigenvalue weighted by molar-refractivity contribution is 7.89. The fourth-order valence-corrected chi connectivity index (χ4v) is 3.64. The Morgan fingerprint density at radius 2 is 1.47 bits per heavy atom. The molecule has 0 saturated carbocycles. The van der Waals surface area contributed by atoms with Crippen LogP contribution >= 0.6 is 0 Å². The van der Waals surface area contributed by atoms with Crippen molar-refractivity contribution < 1.29 is 8.42 Å². The number of hydrogen-bond acceptors (Lipinski definition) is 2. The standard InChI is InChI=1S/C13H21NO2S/c1-7-14(6)17(15,16)13-11(4)9(2)8-10(3)12(13)5/h8H,7H2,1-6H3. The monoisotopic (exact) mass is 255 g/mol. The minimum absolute atomic E-state index is 0.472. The molecule has 0 amide bonds. The Morgan fingerprint density at radius 1 is 1.06 bits per heavy atom.